The van der Waals surface area contributed by atoms with Gasteiger partial charge in [-0.15, -0.1) is 11.3 Å². The standard InChI is InChI=1S/C19H34N4OS/c1-15(2)17-23-16(13-25-17)7-11-21-18(20-3)22-14-19(10-12-24-4)8-5-6-9-19/h13,15H,5-12,14H2,1-4H3,(H2,20,21,22). The fourth-order valence-electron chi connectivity index (χ4n) is 3.46. The molecule has 6 heteroatoms. The van der Waals surface area contributed by atoms with Gasteiger partial charge in [0, 0.05) is 51.6 Å². The van der Waals surface area contributed by atoms with Crippen LogP contribution < -0.4 is 10.6 Å². The zero-order chi connectivity index (χ0) is 18.1. The highest BCUT2D eigenvalue weighted by atomic mass is 32.1. The molecule has 0 spiro atoms. The van der Waals surface area contributed by atoms with E-state index < -0.39 is 0 Å². The second-order valence-electron chi connectivity index (χ2n) is 7.38. The molecule has 0 saturated heterocycles. The van der Waals surface area contributed by atoms with Crippen molar-refractivity contribution in [2.75, 3.05) is 33.9 Å². The minimum atomic E-state index is 0.370. The Kier molecular flexibility index (Phi) is 8.16. The zero-order valence-corrected chi connectivity index (χ0v) is 17.0. The minimum Gasteiger partial charge on any atom is -0.385 e. The molecule has 2 N–H and O–H groups in total. The van der Waals surface area contributed by atoms with Gasteiger partial charge in [0.05, 0.1) is 10.7 Å². The molecule has 0 atom stereocenters. The molecular weight excluding hydrogens is 332 g/mol. The Hall–Kier alpha value is -1.14. The van der Waals surface area contributed by atoms with Crippen LogP contribution in [0.1, 0.15) is 62.6 Å². The smallest absolute Gasteiger partial charge is 0.191 e. The molecule has 0 aliphatic heterocycles. The van der Waals surface area contributed by atoms with Crippen LogP contribution in [0.25, 0.3) is 0 Å². The van der Waals surface area contributed by atoms with Crippen molar-refractivity contribution in [2.24, 2.45) is 10.4 Å². The average molecular weight is 367 g/mol. The van der Waals surface area contributed by atoms with Crippen molar-refractivity contribution in [2.45, 2.75) is 58.3 Å². The first-order valence-corrected chi connectivity index (χ1v) is 10.3. The number of nitrogens with zero attached hydrogens (tertiary/aromatic N) is 2. The van der Waals surface area contributed by atoms with Crippen LogP contribution in [0.2, 0.25) is 0 Å². The lowest BCUT2D eigenvalue weighted by Gasteiger charge is -2.29. The Morgan fingerprint density at radius 1 is 1.36 bits per heavy atom. The molecule has 1 saturated carbocycles. The lowest BCUT2D eigenvalue weighted by Crippen LogP contribution is -2.43. The van der Waals surface area contributed by atoms with Gasteiger partial charge in [-0.2, -0.15) is 0 Å². The Morgan fingerprint density at radius 2 is 2.12 bits per heavy atom. The van der Waals surface area contributed by atoms with E-state index in [1.807, 2.05) is 7.05 Å². The third-order valence-electron chi connectivity index (χ3n) is 5.09. The van der Waals surface area contributed by atoms with Crippen LogP contribution in [0.3, 0.4) is 0 Å². The molecule has 0 aromatic carbocycles. The van der Waals surface area contributed by atoms with Gasteiger partial charge >= 0.3 is 0 Å². The fraction of sp³-hybridized carbons (Fsp3) is 0.789. The van der Waals surface area contributed by atoms with Gasteiger partial charge in [0.2, 0.25) is 0 Å². The first-order chi connectivity index (χ1) is 12.1. The SMILES string of the molecule is CN=C(NCCc1csc(C(C)C)n1)NCC1(CCOC)CCCC1. The summed E-state index contributed by atoms with van der Waals surface area (Å²) in [6, 6.07) is 0. The molecule has 0 unspecified atom stereocenters. The second kappa shape index (κ2) is 10.1. The number of thiazole rings is 1. The monoisotopic (exact) mass is 366 g/mol. The number of rotatable bonds is 9. The molecule has 1 aromatic rings. The van der Waals surface area contributed by atoms with Crippen LogP contribution >= 0.6 is 11.3 Å². The highest BCUT2D eigenvalue weighted by molar-refractivity contribution is 7.09. The summed E-state index contributed by atoms with van der Waals surface area (Å²) in [6.45, 7) is 7.05. The average Bonchev–Trinajstić information content (AvgIpc) is 3.26. The molecule has 1 aromatic heterocycles. The normalized spacial score (nSPS) is 17.2. The molecule has 0 amide bonds. The molecular formula is C19H34N4OS. The van der Waals surface area contributed by atoms with Gasteiger partial charge in [-0.25, -0.2) is 4.98 Å². The van der Waals surface area contributed by atoms with Crippen molar-refractivity contribution < 1.29 is 4.74 Å². The van der Waals surface area contributed by atoms with Gasteiger partial charge in [0.15, 0.2) is 5.96 Å². The zero-order valence-electron chi connectivity index (χ0n) is 16.2. The quantitative estimate of drug-likeness (QED) is 0.518. The van der Waals surface area contributed by atoms with E-state index in [9.17, 15) is 0 Å². The summed E-state index contributed by atoms with van der Waals surface area (Å²) < 4.78 is 5.31. The number of ether oxygens (including phenoxy) is 1. The fourth-order valence-corrected chi connectivity index (χ4v) is 4.33. The molecule has 2 rings (SSSR count). The molecule has 25 heavy (non-hydrogen) atoms. The summed E-state index contributed by atoms with van der Waals surface area (Å²) in [7, 11) is 3.63. The van der Waals surface area contributed by atoms with Crippen LogP contribution in [0.15, 0.2) is 10.4 Å². The Morgan fingerprint density at radius 3 is 2.72 bits per heavy atom. The maximum absolute atomic E-state index is 5.31. The van der Waals surface area contributed by atoms with Crippen molar-refractivity contribution in [1.82, 2.24) is 15.6 Å². The van der Waals surface area contributed by atoms with Crippen molar-refractivity contribution in [3.63, 3.8) is 0 Å². The molecule has 1 heterocycles. The van der Waals surface area contributed by atoms with Gasteiger partial charge in [0.1, 0.15) is 0 Å². The number of methoxy groups -OCH3 is 1. The highest BCUT2D eigenvalue weighted by Crippen LogP contribution is 2.40. The van der Waals surface area contributed by atoms with E-state index in [0.29, 0.717) is 11.3 Å². The van der Waals surface area contributed by atoms with E-state index in [4.69, 9.17) is 9.72 Å². The second-order valence-corrected chi connectivity index (χ2v) is 8.27. The predicted octanol–water partition coefficient (Wildman–Crippen LogP) is 3.57. The molecule has 1 fully saturated rings. The van der Waals surface area contributed by atoms with Crippen molar-refractivity contribution in [3.05, 3.63) is 16.1 Å². The highest BCUT2D eigenvalue weighted by Gasteiger charge is 2.33. The van der Waals surface area contributed by atoms with E-state index in [2.05, 4.69) is 34.9 Å². The van der Waals surface area contributed by atoms with Gasteiger partial charge in [0.25, 0.3) is 0 Å². The van der Waals surface area contributed by atoms with Gasteiger partial charge in [-0.3, -0.25) is 4.99 Å². The molecule has 5 nitrogen and oxygen atoms in total. The third kappa shape index (κ3) is 6.26. The first-order valence-electron chi connectivity index (χ1n) is 9.46. The molecule has 1 aliphatic carbocycles. The molecule has 142 valence electrons. The van der Waals surface area contributed by atoms with Gasteiger partial charge < -0.3 is 15.4 Å². The summed E-state index contributed by atoms with van der Waals surface area (Å²) in [5, 5.41) is 10.4. The third-order valence-corrected chi connectivity index (χ3v) is 6.29. The number of hydrogen-bond donors (Lipinski definition) is 2. The van der Waals surface area contributed by atoms with E-state index in [0.717, 1.165) is 38.5 Å². The number of nitrogens with one attached hydrogen (secondary N) is 2. The van der Waals surface area contributed by atoms with Gasteiger partial charge in [-0.1, -0.05) is 26.7 Å². The summed E-state index contributed by atoms with van der Waals surface area (Å²) >= 11 is 1.76. The molecule has 0 bridgehead atoms. The van der Waals surface area contributed by atoms with E-state index in [1.165, 1.54) is 36.4 Å². The lowest BCUT2D eigenvalue weighted by molar-refractivity contribution is 0.138. The van der Waals surface area contributed by atoms with E-state index in [-0.39, 0.29) is 0 Å². The summed E-state index contributed by atoms with van der Waals surface area (Å²) in [5.41, 5.74) is 1.54. The van der Waals surface area contributed by atoms with E-state index >= 15 is 0 Å². The summed E-state index contributed by atoms with van der Waals surface area (Å²) in [5.74, 6) is 1.40. The first kappa shape index (κ1) is 20.2. The van der Waals surface area contributed by atoms with E-state index in [1.54, 1.807) is 18.4 Å². The summed E-state index contributed by atoms with van der Waals surface area (Å²) in [6.07, 6.45) is 7.30. The van der Waals surface area contributed by atoms with Crippen molar-refractivity contribution in [1.29, 1.82) is 0 Å². The van der Waals surface area contributed by atoms with Crippen LogP contribution in [-0.4, -0.2) is 44.8 Å². The van der Waals surface area contributed by atoms with Crippen LogP contribution in [0.4, 0.5) is 0 Å². The van der Waals surface area contributed by atoms with Crippen LogP contribution in [-0.2, 0) is 11.2 Å². The summed E-state index contributed by atoms with van der Waals surface area (Å²) in [4.78, 5) is 9.06. The van der Waals surface area contributed by atoms with Crippen LogP contribution in [0, 0.1) is 5.41 Å². The maximum Gasteiger partial charge on any atom is 0.191 e. The van der Waals surface area contributed by atoms with Crippen molar-refractivity contribution >= 4 is 17.3 Å². The molecule has 1 aliphatic rings. The van der Waals surface area contributed by atoms with Crippen LogP contribution in [0.5, 0.6) is 0 Å². The topological polar surface area (TPSA) is 58.5 Å². The number of aromatic nitrogens is 1. The predicted molar refractivity (Wildman–Crippen MR) is 107 cm³/mol. The largest absolute Gasteiger partial charge is 0.385 e. The van der Waals surface area contributed by atoms with Crippen molar-refractivity contribution in [3.8, 4) is 0 Å². The number of aliphatic imine (C=N–C) groups is 1. The maximum atomic E-state index is 5.31. The lowest BCUT2D eigenvalue weighted by atomic mass is 9.83. The van der Waals surface area contributed by atoms with Gasteiger partial charge in [-0.05, 0) is 24.7 Å². The Bertz CT molecular complexity index is 535. The Labute approximate surface area is 156 Å². The molecule has 0 radical (unpaired) electrons. The number of guanidine groups is 1. The Balaban J connectivity index is 1.76. The minimum absolute atomic E-state index is 0.370. The number of hydrogen-bond acceptors (Lipinski definition) is 4.